The summed E-state index contributed by atoms with van der Waals surface area (Å²) in [5.74, 6) is 1.23. The quantitative estimate of drug-likeness (QED) is 0.514. The second kappa shape index (κ2) is 11.5. The third kappa shape index (κ3) is 8.01. The summed E-state index contributed by atoms with van der Waals surface area (Å²) in [6.07, 6.45) is -0.337. The lowest BCUT2D eigenvalue weighted by molar-refractivity contribution is -0.150. The van der Waals surface area contributed by atoms with E-state index >= 15 is 0 Å². The number of amides is 1. The van der Waals surface area contributed by atoms with Crippen LogP contribution in [0.4, 0.5) is 0 Å². The van der Waals surface area contributed by atoms with Crippen molar-refractivity contribution in [2.45, 2.75) is 25.3 Å². The first-order chi connectivity index (χ1) is 15.8. The van der Waals surface area contributed by atoms with Crippen molar-refractivity contribution in [2.24, 2.45) is 0 Å². The molecule has 0 saturated carbocycles. The molecule has 10 heteroatoms. The van der Waals surface area contributed by atoms with Crippen LogP contribution in [0.25, 0.3) is 0 Å². The van der Waals surface area contributed by atoms with Gasteiger partial charge in [-0.2, -0.15) is 8.42 Å². The Labute approximate surface area is 194 Å². The molecule has 0 unspecified atom stereocenters. The summed E-state index contributed by atoms with van der Waals surface area (Å²) in [4.78, 5) is 14.9. The maximum absolute atomic E-state index is 12.9. The fraction of sp³-hybridized carbons (Fsp3) is 0.435. The monoisotopic (exact) mass is 478 g/mol. The first-order valence-electron chi connectivity index (χ1n) is 10.5. The van der Waals surface area contributed by atoms with E-state index in [1.165, 1.54) is 0 Å². The molecule has 9 nitrogen and oxygen atoms in total. The van der Waals surface area contributed by atoms with Crippen molar-refractivity contribution >= 4 is 16.0 Å². The number of hydrogen-bond acceptors (Lipinski definition) is 8. The summed E-state index contributed by atoms with van der Waals surface area (Å²) in [5.41, 5.74) is 1.96. The smallest absolute Gasteiger partial charge is 0.264 e. The summed E-state index contributed by atoms with van der Waals surface area (Å²) in [6, 6.07) is 15.1. The molecule has 0 bridgehead atoms. The summed E-state index contributed by atoms with van der Waals surface area (Å²) >= 11 is 0. The molecule has 1 amide bonds. The molecule has 2 aromatic carbocycles. The van der Waals surface area contributed by atoms with Crippen LogP contribution in [0.15, 0.2) is 48.5 Å². The van der Waals surface area contributed by atoms with Crippen LogP contribution in [0.3, 0.4) is 0 Å². The summed E-state index contributed by atoms with van der Waals surface area (Å²) < 4.78 is 44.0. The first-order valence-corrected chi connectivity index (χ1v) is 12.3. The van der Waals surface area contributed by atoms with Crippen LogP contribution >= 0.6 is 0 Å². The molecule has 0 aromatic heterocycles. The first kappa shape index (κ1) is 25.0. The van der Waals surface area contributed by atoms with Crippen LogP contribution in [-0.4, -0.2) is 71.6 Å². The van der Waals surface area contributed by atoms with Crippen molar-refractivity contribution in [3.05, 3.63) is 59.7 Å². The lowest BCUT2D eigenvalue weighted by Gasteiger charge is -2.37. The average Bonchev–Trinajstić information content (AvgIpc) is 2.81. The highest BCUT2D eigenvalue weighted by molar-refractivity contribution is 7.85. The van der Waals surface area contributed by atoms with Crippen LogP contribution in [0, 0.1) is 0 Å². The van der Waals surface area contributed by atoms with Gasteiger partial charge >= 0.3 is 0 Å². The third-order valence-corrected chi connectivity index (χ3v) is 5.76. The minimum Gasteiger partial charge on any atom is -0.497 e. The van der Waals surface area contributed by atoms with Gasteiger partial charge in [0.25, 0.3) is 16.0 Å². The van der Waals surface area contributed by atoms with Crippen molar-refractivity contribution in [2.75, 3.05) is 40.2 Å². The SMILES string of the molecule is COc1ccc(CNC(=O)[C@@H]2CN(Cc3ccc(OC)cc3)C[C@@H](COS(C)(=O)=O)O2)cc1. The normalized spacial score (nSPS) is 19.1. The predicted molar refractivity (Wildman–Crippen MR) is 123 cm³/mol. The Kier molecular flexibility index (Phi) is 8.67. The molecule has 33 heavy (non-hydrogen) atoms. The fourth-order valence-electron chi connectivity index (χ4n) is 3.52. The fourth-order valence-corrected chi connectivity index (χ4v) is 3.92. The number of morpholine rings is 1. The number of nitrogens with one attached hydrogen (secondary N) is 1. The molecule has 180 valence electrons. The number of nitrogens with zero attached hydrogens (tertiary/aromatic N) is 1. The highest BCUT2D eigenvalue weighted by Gasteiger charge is 2.33. The Morgan fingerprint density at radius 3 is 2.12 bits per heavy atom. The number of carbonyl (C=O) groups excluding carboxylic acids is 1. The molecular formula is C23H30N2O7S. The molecule has 2 atom stereocenters. The van der Waals surface area contributed by atoms with E-state index in [0.717, 1.165) is 28.9 Å². The van der Waals surface area contributed by atoms with Gasteiger partial charge in [0.2, 0.25) is 0 Å². The van der Waals surface area contributed by atoms with E-state index in [1.54, 1.807) is 14.2 Å². The number of rotatable bonds is 10. The van der Waals surface area contributed by atoms with Gasteiger partial charge in [-0.1, -0.05) is 24.3 Å². The van der Waals surface area contributed by atoms with E-state index in [4.69, 9.17) is 18.4 Å². The van der Waals surface area contributed by atoms with Gasteiger partial charge in [0, 0.05) is 26.2 Å². The van der Waals surface area contributed by atoms with Crippen LogP contribution in [-0.2, 0) is 36.9 Å². The van der Waals surface area contributed by atoms with Crippen molar-refractivity contribution in [3.63, 3.8) is 0 Å². The van der Waals surface area contributed by atoms with Gasteiger partial charge in [0.15, 0.2) is 0 Å². The second-order valence-corrected chi connectivity index (χ2v) is 9.49. The number of hydrogen-bond donors (Lipinski definition) is 1. The van der Waals surface area contributed by atoms with E-state index in [1.807, 2.05) is 48.5 Å². The minimum absolute atomic E-state index is 0.153. The molecule has 1 aliphatic rings. The van der Waals surface area contributed by atoms with E-state index in [-0.39, 0.29) is 12.5 Å². The Hall–Kier alpha value is -2.66. The second-order valence-electron chi connectivity index (χ2n) is 7.84. The molecular weight excluding hydrogens is 448 g/mol. The lowest BCUT2D eigenvalue weighted by Crippen LogP contribution is -2.54. The molecule has 2 aromatic rings. The topological polar surface area (TPSA) is 103 Å². The van der Waals surface area contributed by atoms with Crippen molar-refractivity contribution < 1.29 is 31.6 Å². The molecule has 1 aliphatic heterocycles. The molecule has 3 rings (SSSR count). The van der Waals surface area contributed by atoms with Gasteiger partial charge in [-0.3, -0.25) is 13.9 Å². The average molecular weight is 479 g/mol. The van der Waals surface area contributed by atoms with Crippen LogP contribution in [0.2, 0.25) is 0 Å². The molecule has 1 heterocycles. The Balaban J connectivity index is 1.64. The molecule has 0 aliphatic carbocycles. The molecule has 0 radical (unpaired) electrons. The van der Waals surface area contributed by atoms with Crippen LogP contribution < -0.4 is 14.8 Å². The standard InChI is InChI=1S/C23H30N2O7S/c1-29-19-8-4-17(5-9-19)12-24-23(26)22-15-25(13-18-6-10-20(30-2)11-7-18)14-21(32-22)16-31-33(3,27)28/h4-11,21-22H,12-16H2,1-3H3,(H,24,26)/t21-,22-/m0/s1. The molecule has 1 fully saturated rings. The van der Waals surface area contributed by atoms with E-state index < -0.39 is 22.3 Å². The van der Waals surface area contributed by atoms with Crippen molar-refractivity contribution in [1.29, 1.82) is 0 Å². The largest absolute Gasteiger partial charge is 0.497 e. The summed E-state index contributed by atoms with van der Waals surface area (Å²) in [5, 5.41) is 2.89. The van der Waals surface area contributed by atoms with Crippen LogP contribution in [0.5, 0.6) is 11.5 Å². The lowest BCUT2D eigenvalue weighted by atomic mass is 10.1. The number of benzene rings is 2. The van der Waals surface area contributed by atoms with E-state index in [9.17, 15) is 13.2 Å². The van der Waals surface area contributed by atoms with Crippen LogP contribution in [0.1, 0.15) is 11.1 Å². The van der Waals surface area contributed by atoms with E-state index in [2.05, 4.69) is 10.2 Å². The Bertz CT molecular complexity index is 1010. The highest BCUT2D eigenvalue weighted by atomic mass is 32.2. The Morgan fingerprint density at radius 2 is 1.58 bits per heavy atom. The minimum atomic E-state index is -3.62. The van der Waals surface area contributed by atoms with Gasteiger partial charge in [-0.15, -0.1) is 0 Å². The number of carbonyl (C=O) groups is 1. The maximum Gasteiger partial charge on any atom is 0.264 e. The molecule has 0 spiro atoms. The van der Waals surface area contributed by atoms with Gasteiger partial charge in [-0.25, -0.2) is 0 Å². The van der Waals surface area contributed by atoms with Crippen molar-refractivity contribution in [1.82, 2.24) is 10.2 Å². The zero-order chi connectivity index (χ0) is 23.8. The van der Waals surface area contributed by atoms with Gasteiger partial charge < -0.3 is 19.5 Å². The zero-order valence-electron chi connectivity index (χ0n) is 19.0. The van der Waals surface area contributed by atoms with E-state index in [0.29, 0.717) is 26.2 Å². The summed E-state index contributed by atoms with van der Waals surface area (Å²) in [7, 11) is -0.415. The zero-order valence-corrected chi connectivity index (χ0v) is 19.8. The Morgan fingerprint density at radius 1 is 1.00 bits per heavy atom. The maximum atomic E-state index is 12.9. The van der Waals surface area contributed by atoms with Crippen molar-refractivity contribution in [3.8, 4) is 11.5 Å². The number of methoxy groups -OCH3 is 2. The molecule has 1 N–H and O–H groups in total. The number of ether oxygens (including phenoxy) is 3. The van der Waals surface area contributed by atoms with Gasteiger partial charge in [-0.05, 0) is 35.4 Å². The predicted octanol–water partition coefficient (Wildman–Crippen LogP) is 1.57. The highest BCUT2D eigenvalue weighted by Crippen LogP contribution is 2.18. The third-order valence-electron chi connectivity index (χ3n) is 5.19. The van der Waals surface area contributed by atoms with Gasteiger partial charge in [0.05, 0.1) is 33.2 Å². The van der Waals surface area contributed by atoms with Gasteiger partial charge in [0.1, 0.15) is 17.6 Å². The summed E-state index contributed by atoms with van der Waals surface area (Å²) in [6.45, 7) is 1.57. The molecule has 1 saturated heterocycles.